The second-order valence-corrected chi connectivity index (χ2v) is 7.09. The Kier molecular flexibility index (Phi) is 5.74. The molecule has 2 amide bonds. The summed E-state index contributed by atoms with van der Waals surface area (Å²) in [6.45, 7) is 3.77. The molecule has 1 aromatic heterocycles. The van der Waals surface area contributed by atoms with Crippen LogP contribution in [0, 0.1) is 10.1 Å². The van der Waals surface area contributed by atoms with Crippen molar-refractivity contribution in [3.05, 3.63) is 63.2 Å². The molecule has 9 heteroatoms. The van der Waals surface area contributed by atoms with Gasteiger partial charge >= 0.3 is 0 Å². The molecule has 1 fully saturated rings. The second-order valence-electron chi connectivity index (χ2n) is 6.09. The number of nitrogens with zero attached hydrogens (tertiary/aromatic N) is 3. The van der Waals surface area contributed by atoms with Crippen molar-refractivity contribution in [2.75, 3.05) is 0 Å². The zero-order valence-corrected chi connectivity index (χ0v) is 16.0. The number of carbonyl (C=O) groups excluding carboxylic acids is 2. The van der Waals surface area contributed by atoms with E-state index in [9.17, 15) is 19.7 Å². The van der Waals surface area contributed by atoms with Crippen LogP contribution in [0.4, 0.5) is 10.5 Å². The summed E-state index contributed by atoms with van der Waals surface area (Å²) >= 11 is 0.933. The molecule has 2 heterocycles. The van der Waals surface area contributed by atoms with Crippen LogP contribution >= 0.6 is 11.8 Å². The molecule has 2 aromatic rings. The zero-order valence-electron chi connectivity index (χ0n) is 15.2. The number of nitro groups is 1. The number of amides is 2. The van der Waals surface area contributed by atoms with Gasteiger partial charge in [0.15, 0.2) is 0 Å². The lowest BCUT2D eigenvalue weighted by Crippen LogP contribution is -2.36. The Morgan fingerprint density at radius 2 is 1.96 bits per heavy atom. The van der Waals surface area contributed by atoms with Gasteiger partial charge < -0.3 is 4.74 Å². The van der Waals surface area contributed by atoms with Gasteiger partial charge in [0.2, 0.25) is 5.88 Å². The van der Waals surface area contributed by atoms with Gasteiger partial charge in [0.25, 0.3) is 16.8 Å². The van der Waals surface area contributed by atoms with E-state index in [-0.39, 0.29) is 28.8 Å². The molecule has 0 radical (unpaired) electrons. The Morgan fingerprint density at radius 1 is 1.25 bits per heavy atom. The number of pyridine rings is 1. The Hall–Kier alpha value is -3.20. The van der Waals surface area contributed by atoms with E-state index in [0.29, 0.717) is 17.1 Å². The number of aromatic nitrogens is 1. The molecule has 1 unspecified atom stereocenters. The number of benzene rings is 1. The summed E-state index contributed by atoms with van der Waals surface area (Å²) in [5.74, 6) is 0.444. The van der Waals surface area contributed by atoms with E-state index < -0.39 is 4.92 Å². The Balaban J connectivity index is 1.71. The fourth-order valence-corrected chi connectivity index (χ4v) is 3.42. The zero-order chi connectivity index (χ0) is 20.3. The van der Waals surface area contributed by atoms with Gasteiger partial charge in [-0.1, -0.05) is 19.1 Å². The van der Waals surface area contributed by atoms with Crippen molar-refractivity contribution < 1.29 is 19.2 Å². The average Bonchev–Trinajstić information content (AvgIpc) is 2.96. The number of thioether (sulfide) groups is 1. The van der Waals surface area contributed by atoms with Gasteiger partial charge in [0.1, 0.15) is 11.9 Å². The van der Waals surface area contributed by atoms with Crippen LogP contribution in [0.5, 0.6) is 11.6 Å². The van der Waals surface area contributed by atoms with E-state index >= 15 is 0 Å². The van der Waals surface area contributed by atoms with Crippen LogP contribution in [0.15, 0.2) is 47.5 Å². The fourth-order valence-electron chi connectivity index (χ4n) is 2.49. The Labute approximate surface area is 165 Å². The summed E-state index contributed by atoms with van der Waals surface area (Å²) in [7, 11) is 0. The minimum Gasteiger partial charge on any atom is -0.439 e. The van der Waals surface area contributed by atoms with Crippen molar-refractivity contribution in [3.8, 4) is 11.6 Å². The molecule has 0 bridgehead atoms. The van der Waals surface area contributed by atoms with Gasteiger partial charge in [-0.05, 0) is 48.9 Å². The predicted molar refractivity (Wildman–Crippen MR) is 105 cm³/mol. The van der Waals surface area contributed by atoms with Crippen molar-refractivity contribution in [2.24, 2.45) is 0 Å². The minimum absolute atomic E-state index is 0.117. The largest absolute Gasteiger partial charge is 0.439 e. The molecule has 1 aromatic carbocycles. The first-order valence-electron chi connectivity index (χ1n) is 8.54. The van der Waals surface area contributed by atoms with Crippen LogP contribution < -0.4 is 4.74 Å². The third-order valence-corrected chi connectivity index (χ3v) is 5.07. The lowest BCUT2D eigenvalue weighted by Gasteiger charge is -2.19. The molecule has 144 valence electrons. The maximum absolute atomic E-state index is 12.4. The van der Waals surface area contributed by atoms with Gasteiger partial charge in [-0.25, -0.2) is 4.98 Å². The van der Waals surface area contributed by atoms with Crippen molar-refractivity contribution >= 4 is 34.7 Å². The van der Waals surface area contributed by atoms with E-state index in [4.69, 9.17) is 4.74 Å². The molecule has 0 saturated carbocycles. The highest BCUT2D eigenvalue weighted by Crippen LogP contribution is 2.34. The summed E-state index contributed by atoms with van der Waals surface area (Å²) in [6, 6.07) is 9.46. The van der Waals surface area contributed by atoms with Crippen LogP contribution in [0.2, 0.25) is 0 Å². The van der Waals surface area contributed by atoms with Crippen LogP contribution in [0.3, 0.4) is 0 Å². The van der Waals surface area contributed by atoms with Gasteiger partial charge in [-0.2, -0.15) is 0 Å². The SMILES string of the molecule is CCC(C)N1C(=O)SC(=Cc2ccc(Oc3ccc([N+](=O)[O-])cn3)cc2)C1=O. The molecule has 0 aliphatic carbocycles. The summed E-state index contributed by atoms with van der Waals surface area (Å²) in [4.78, 5) is 40.2. The summed E-state index contributed by atoms with van der Waals surface area (Å²) in [5, 5.41) is 10.4. The molecular weight excluding hydrogens is 382 g/mol. The van der Waals surface area contributed by atoms with Gasteiger partial charge in [-0.3, -0.25) is 24.6 Å². The van der Waals surface area contributed by atoms with E-state index in [1.165, 1.54) is 17.0 Å². The summed E-state index contributed by atoms with van der Waals surface area (Å²) < 4.78 is 5.55. The first-order valence-corrected chi connectivity index (χ1v) is 9.36. The molecule has 1 aliphatic rings. The first kappa shape index (κ1) is 19.6. The van der Waals surface area contributed by atoms with Crippen molar-refractivity contribution in [1.82, 2.24) is 9.88 Å². The molecule has 0 N–H and O–H groups in total. The van der Waals surface area contributed by atoms with Crippen LogP contribution in [0.25, 0.3) is 6.08 Å². The topological polar surface area (TPSA) is 103 Å². The van der Waals surface area contributed by atoms with Crippen molar-refractivity contribution in [2.45, 2.75) is 26.3 Å². The third kappa shape index (κ3) is 4.20. The van der Waals surface area contributed by atoms with Crippen LogP contribution in [0.1, 0.15) is 25.8 Å². The standard InChI is InChI=1S/C19H17N3O5S/c1-3-12(2)21-18(23)16(28-19(21)24)10-13-4-7-15(8-5-13)27-17-9-6-14(11-20-17)22(25)26/h4-12H,3H2,1-2H3. The van der Waals surface area contributed by atoms with Crippen molar-refractivity contribution in [1.29, 1.82) is 0 Å². The smallest absolute Gasteiger partial charge is 0.293 e. The maximum Gasteiger partial charge on any atom is 0.293 e. The molecule has 1 atom stereocenters. The van der Waals surface area contributed by atoms with Gasteiger partial charge in [0.05, 0.1) is 9.83 Å². The number of ether oxygens (including phenoxy) is 1. The number of imide groups is 1. The molecular formula is C19H17N3O5S. The summed E-state index contributed by atoms with van der Waals surface area (Å²) in [5.41, 5.74) is 0.632. The molecule has 1 aliphatic heterocycles. The number of carbonyl (C=O) groups is 2. The van der Waals surface area contributed by atoms with Crippen molar-refractivity contribution in [3.63, 3.8) is 0 Å². The maximum atomic E-state index is 12.4. The Morgan fingerprint density at radius 3 is 2.54 bits per heavy atom. The highest BCUT2D eigenvalue weighted by atomic mass is 32.2. The van der Waals surface area contributed by atoms with Crippen LogP contribution in [-0.2, 0) is 4.79 Å². The number of rotatable bonds is 6. The highest BCUT2D eigenvalue weighted by Gasteiger charge is 2.37. The second kappa shape index (κ2) is 8.22. The number of hydrogen-bond acceptors (Lipinski definition) is 7. The normalized spacial score (nSPS) is 16.5. The average molecular weight is 399 g/mol. The third-order valence-electron chi connectivity index (χ3n) is 4.19. The molecule has 3 rings (SSSR count). The quantitative estimate of drug-likeness (QED) is 0.397. The number of hydrogen-bond donors (Lipinski definition) is 0. The Bertz CT molecular complexity index is 941. The molecule has 0 spiro atoms. The monoisotopic (exact) mass is 399 g/mol. The first-order chi connectivity index (χ1) is 13.4. The van der Waals surface area contributed by atoms with E-state index in [0.717, 1.165) is 23.5 Å². The lowest BCUT2D eigenvalue weighted by atomic mass is 10.2. The fraction of sp³-hybridized carbons (Fsp3) is 0.211. The van der Waals surface area contributed by atoms with Gasteiger partial charge in [0, 0.05) is 18.2 Å². The minimum atomic E-state index is -0.533. The molecule has 1 saturated heterocycles. The van der Waals surface area contributed by atoms with Crippen LogP contribution in [-0.4, -0.2) is 32.0 Å². The highest BCUT2D eigenvalue weighted by molar-refractivity contribution is 8.18. The summed E-state index contributed by atoms with van der Waals surface area (Å²) in [6.07, 6.45) is 3.49. The van der Waals surface area contributed by atoms with E-state index in [1.54, 1.807) is 30.3 Å². The van der Waals surface area contributed by atoms with E-state index in [2.05, 4.69) is 4.98 Å². The molecule has 28 heavy (non-hydrogen) atoms. The molecule has 8 nitrogen and oxygen atoms in total. The predicted octanol–water partition coefficient (Wildman–Crippen LogP) is 4.62. The lowest BCUT2D eigenvalue weighted by molar-refractivity contribution is -0.385. The van der Waals surface area contributed by atoms with Gasteiger partial charge in [-0.15, -0.1) is 0 Å². The van der Waals surface area contributed by atoms with E-state index in [1.807, 2.05) is 13.8 Å².